The fourth-order valence-corrected chi connectivity index (χ4v) is 1.62. The minimum absolute atomic E-state index is 0.219. The number of carbonyl (C=O) groups excluding carboxylic acids is 1. The molecule has 5 heteroatoms. The third kappa shape index (κ3) is 3.19. The van der Waals surface area contributed by atoms with Crippen molar-refractivity contribution in [1.29, 1.82) is 0 Å². The molecule has 2 N–H and O–H groups in total. The zero-order valence-electron chi connectivity index (χ0n) is 10.9. The van der Waals surface area contributed by atoms with Crippen LogP contribution in [0.3, 0.4) is 0 Å². The molecule has 1 amide bonds. The zero-order chi connectivity index (χ0) is 14.4. The number of anilines is 1. The Labute approximate surface area is 116 Å². The molecule has 0 saturated heterocycles. The molecule has 0 bridgehead atoms. The molecule has 0 saturated carbocycles. The number of aryl methyl sites for hydroxylation is 1. The Morgan fingerprint density at radius 1 is 1.30 bits per heavy atom. The van der Waals surface area contributed by atoms with Gasteiger partial charge >= 0.3 is 0 Å². The van der Waals surface area contributed by atoms with Crippen LogP contribution < -0.4 is 5.32 Å². The number of hydrogen-bond acceptors (Lipinski definition) is 4. The quantitative estimate of drug-likeness (QED) is 0.806. The summed E-state index contributed by atoms with van der Waals surface area (Å²) in [6.45, 7) is 1.54. The molecule has 0 radical (unpaired) electrons. The highest BCUT2D eigenvalue weighted by Gasteiger charge is 2.12. The van der Waals surface area contributed by atoms with E-state index in [0.29, 0.717) is 11.3 Å². The number of pyridine rings is 2. The lowest BCUT2D eigenvalue weighted by Crippen LogP contribution is -2.16. The maximum atomic E-state index is 12.2. The number of hydrogen-bond donors (Lipinski definition) is 2. The van der Waals surface area contributed by atoms with E-state index in [1.807, 2.05) is 0 Å². The molecular formula is C15H13N3O2. The second-order valence-electron chi connectivity index (χ2n) is 3.95. The van der Waals surface area contributed by atoms with Crippen LogP contribution in [0.15, 0.2) is 36.7 Å². The summed E-state index contributed by atoms with van der Waals surface area (Å²) in [5, 5.41) is 11.5. The molecule has 0 unspecified atom stereocenters. The molecule has 0 fully saturated rings. The summed E-state index contributed by atoms with van der Waals surface area (Å²) in [4.78, 5) is 20.4. The summed E-state index contributed by atoms with van der Waals surface area (Å²) in [5.41, 5.74) is 2.04. The first-order valence-electron chi connectivity index (χ1n) is 6.00. The monoisotopic (exact) mass is 267 g/mol. The summed E-state index contributed by atoms with van der Waals surface area (Å²) >= 11 is 0. The maximum absolute atomic E-state index is 12.2. The summed E-state index contributed by atoms with van der Waals surface area (Å²) in [6.07, 6.45) is 3.18. The fourth-order valence-electron chi connectivity index (χ4n) is 1.62. The van der Waals surface area contributed by atoms with Crippen LogP contribution >= 0.6 is 0 Å². The van der Waals surface area contributed by atoms with E-state index in [1.54, 1.807) is 37.4 Å². The van der Waals surface area contributed by atoms with E-state index in [2.05, 4.69) is 27.1 Å². The van der Waals surface area contributed by atoms with Gasteiger partial charge in [-0.3, -0.25) is 9.78 Å². The van der Waals surface area contributed by atoms with Crippen molar-refractivity contribution in [3.05, 3.63) is 53.6 Å². The van der Waals surface area contributed by atoms with Gasteiger partial charge in [-0.15, -0.1) is 0 Å². The Bertz CT molecular complexity index is 687. The molecule has 2 aromatic heterocycles. The first-order valence-corrected chi connectivity index (χ1v) is 6.00. The van der Waals surface area contributed by atoms with Crippen LogP contribution in [0.5, 0.6) is 0 Å². The molecule has 2 rings (SSSR count). The average molecular weight is 267 g/mol. The van der Waals surface area contributed by atoms with E-state index >= 15 is 0 Å². The van der Waals surface area contributed by atoms with E-state index < -0.39 is 0 Å². The van der Waals surface area contributed by atoms with Gasteiger partial charge in [-0.1, -0.05) is 11.8 Å². The van der Waals surface area contributed by atoms with Crippen LogP contribution in [0.1, 0.15) is 21.7 Å². The summed E-state index contributed by atoms with van der Waals surface area (Å²) in [6, 6.07) is 6.88. The van der Waals surface area contributed by atoms with Gasteiger partial charge in [-0.2, -0.15) is 0 Å². The summed E-state index contributed by atoms with van der Waals surface area (Å²) in [5.74, 6) is 4.86. The third-order valence-electron chi connectivity index (χ3n) is 2.58. The van der Waals surface area contributed by atoms with Gasteiger partial charge in [0.15, 0.2) is 0 Å². The third-order valence-corrected chi connectivity index (χ3v) is 2.58. The topological polar surface area (TPSA) is 75.1 Å². The Morgan fingerprint density at radius 2 is 2.05 bits per heavy atom. The first-order chi connectivity index (χ1) is 9.72. The second kappa shape index (κ2) is 6.45. The van der Waals surface area contributed by atoms with Gasteiger partial charge in [0.25, 0.3) is 5.91 Å². The molecule has 0 aliphatic carbocycles. The number of aliphatic hydroxyl groups is 1. The van der Waals surface area contributed by atoms with Gasteiger partial charge in [0.2, 0.25) is 0 Å². The lowest BCUT2D eigenvalue weighted by atomic mass is 10.2. The first kappa shape index (κ1) is 13.7. The second-order valence-corrected chi connectivity index (χ2v) is 3.95. The minimum atomic E-state index is -0.357. The predicted octanol–water partition coefficient (Wildman–Crippen LogP) is 1.38. The summed E-state index contributed by atoms with van der Waals surface area (Å²) in [7, 11) is 0. The van der Waals surface area contributed by atoms with Crippen LogP contribution in [0.4, 0.5) is 5.69 Å². The number of amides is 1. The molecule has 20 heavy (non-hydrogen) atoms. The van der Waals surface area contributed by atoms with E-state index in [-0.39, 0.29) is 18.2 Å². The molecule has 0 atom stereocenters. The van der Waals surface area contributed by atoms with Crippen molar-refractivity contribution in [3.63, 3.8) is 0 Å². The lowest BCUT2D eigenvalue weighted by Gasteiger charge is -2.07. The van der Waals surface area contributed by atoms with Crippen molar-refractivity contribution in [1.82, 2.24) is 9.97 Å². The molecular weight excluding hydrogens is 254 g/mol. The van der Waals surface area contributed by atoms with Crippen LogP contribution in [-0.2, 0) is 0 Å². The van der Waals surface area contributed by atoms with Crippen molar-refractivity contribution >= 4 is 11.6 Å². The highest BCUT2D eigenvalue weighted by Crippen LogP contribution is 2.13. The Balaban J connectivity index is 2.28. The van der Waals surface area contributed by atoms with E-state index in [4.69, 9.17) is 5.11 Å². The van der Waals surface area contributed by atoms with Gasteiger partial charge in [-0.05, 0) is 31.2 Å². The van der Waals surface area contributed by atoms with Gasteiger partial charge in [-0.25, -0.2) is 4.98 Å². The standard InChI is InChI=1S/C15H13N3O2/c1-11-13(7-3-8-16-11)18-15(20)14-12(6-4-10-19)5-2-9-17-14/h2-3,5,7-9,19H,10H2,1H3,(H,18,20). The molecule has 0 spiro atoms. The predicted molar refractivity (Wildman–Crippen MR) is 75.1 cm³/mol. The molecule has 2 heterocycles. The zero-order valence-corrected chi connectivity index (χ0v) is 10.9. The number of nitrogens with zero attached hydrogens (tertiary/aromatic N) is 2. The van der Waals surface area contributed by atoms with E-state index in [0.717, 1.165) is 5.69 Å². The number of aliphatic hydroxyl groups excluding tert-OH is 1. The van der Waals surface area contributed by atoms with E-state index in [9.17, 15) is 4.79 Å². The van der Waals surface area contributed by atoms with Gasteiger partial charge in [0.05, 0.1) is 16.9 Å². The van der Waals surface area contributed by atoms with Crippen LogP contribution in [-0.4, -0.2) is 27.6 Å². The van der Waals surface area contributed by atoms with Crippen molar-refractivity contribution in [2.24, 2.45) is 0 Å². The van der Waals surface area contributed by atoms with Crippen molar-refractivity contribution in [3.8, 4) is 11.8 Å². The molecule has 0 aliphatic rings. The molecule has 2 aromatic rings. The molecule has 100 valence electrons. The van der Waals surface area contributed by atoms with E-state index in [1.165, 1.54) is 6.20 Å². The maximum Gasteiger partial charge on any atom is 0.275 e. The van der Waals surface area contributed by atoms with Gasteiger partial charge in [0.1, 0.15) is 12.3 Å². The Morgan fingerprint density at radius 3 is 2.80 bits per heavy atom. The highest BCUT2D eigenvalue weighted by atomic mass is 16.2. The Hall–Kier alpha value is -2.71. The largest absolute Gasteiger partial charge is 0.384 e. The van der Waals surface area contributed by atoms with Crippen molar-refractivity contribution < 1.29 is 9.90 Å². The number of carbonyl (C=O) groups is 1. The van der Waals surface area contributed by atoms with Gasteiger partial charge < -0.3 is 10.4 Å². The van der Waals surface area contributed by atoms with Crippen LogP contribution in [0.25, 0.3) is 0 Å². The van der Waals surface area contributed by atoms with Crippen molar-refractivity contribution in [2.75, 3.05) is 11.9 Å². The normalized spacial score (nSPS) is 9.50. The van der Waals surface area contributed by atoms with Gasteiger partial charge in [0, 0.05) is 12.4 Å². The van der Waals surface area contributed by atoms with Crippen LogP contribution in [0.2, 0.25) is 0 Å². The average Bonchev–Trinajstić information content (AvgIpc) is 2.47. The molecule has 5 nitrogen and oxygen atoms in total. The number of nitrogens with one attached hydrogen (secondary N) is 1. The minimum Gasteiger partial charge on any atom is -0.384 e. The molecule has 0 aromatic carbocycles. The fraction of sp³-hybridized carbons (Fsp3) is 0.133. The summed E-state index contributed by atoms with van der Waals surface area (Å²) < 4.78 is 0. The lowest BCUT2D eigenvalue weighted by molar-refractivity contribution is 0.102. The van der Waals surface area contributed by atoms with Crippen molar-refractivity contribution in [2.45, 2.75) is 6.92 Å². The Kier molecular flexibility index (Phi) is 4.43. The number of aromatic nitrogens is 2. The SMILES string of the molecule is Cc1ncccc1NC(=O)c1ncccc1C#CCO. The number of rotatable bonds is 2. The highest BCUT2D eigenvalue weighted by molar-refractivity contribution is 6.04. The molecule has 0 aliphatic heterocycles. The van der Waals surface area contributed by atoms with Crippen LogP contribution in [0, 0.1) is 18.8 Å². The smallest absolute Gasteiger partial charge is 0.275 e.